The molecule has 2 heteroatoms. The summed E-state index contributed by atoms with van der Waals surface area (Å²) < 4.78 is 0. The molecule has 1 aromatic carbocycles. The van der Waals surface area contributed by atoms with Gasteiger partial charge in [0.1, 0.15) is 0 Å². The third kappa shape index (κ3) is 6.32. The van der Waals surface area contributed by atoms with E-state index in [1.165, 1.54) is 30.6 Å². The van der Waals surface area contributed by atoms with Gasteiger partial charge in [0, 0.05) is 11.3 Å². The molecule has 0 spiro atoms. The SMILES string of the molecule is CCCNC(c1ccccc1)C(CC)SCCC(C)C. The van der Waals surface area contributed by atoms with Crippen LogP contribution in [-0.2, 0) is 0 Å². The van der Waals surface area contributed by atoms with Crippen molar-refractivity contribution in [3.8, 4) is 0 Å². The van der Waals surface area contributed by atoms with Crippen LogP contribution in [0.1, 0.15) is 58.6 Å². The van der Waals surface area contributed by atoms with E-state index in [1.807, 2.05) is 0 Å². The molecule has 20 heavy (non-hydrogen) atoms. The molecule has 1 N–H and O–H groups in total. The van der Waals surface area contributed by atoms with Crippen LogP contribution >= 0.6 is 11.8 Å². The van der Waals surface area contributed by atoms with Gasteiger partial charge in [-0.2, -0.15) is 11.8 Å². The molecule has 1 rings (SSSR count). The summed E-state index contributed by atoms with van der Waals surface area (Å²) in [6.07, 6.45) is 3.73. The molecule has 1 aromatic rings. The molecular formula is C18H31NS. The summed E-state index contributed by atoms with van der Waals surface area (Å²) in [5.41, 5.74) is 1.44. The van der Waals surface area contributed by atoms with E-state index < -0.39 is 0 Å². The van der Waals surface area contributed by atoms with Crippen LogP contribution < -0.4 is 5.32 Å². The van der Waals surface area contributed by atoms with E-state index in [9.17, 15) is 0 Å². The van der Waals surface area contributed by atoms with E-state index in [0.29, 0.717) is 11.3 Å². The zero-order valence-electron chi connectivity index (χ0n) is 13.6. The van der Waals surface area contributed by atoms with Gasteiger partial charge in [0.2, 0.25) is 0 Å². The fraction of sp³-hybridized carbons (Fsp3) is 0.667. The van der Waals surface area contributed by atoms with Crippen molar-refractivity contribution in [2.45, 2.75) is 58.2 Å². The topological polar surface area (TPSA) is 12.0 Å². The second kappa shape index (κ2) is 10.3. The number of hydrogen-bond acceptors (Lipinski definition) is 2. The highest BCUT2D eigenvalue weighted by Gasteiger charge is 2.21. The van der Waals surface area contributed by atoms with Gasteiger partial charge in [-0.05, 0) is 43.0 Å². The van der Waals surface area contributed by atoms with E-state index in [4.69, 9.17) is 0 Å². The highest BCUT2D eigenvalue weighted by molar-refractivity contribution is 7.99. The van der Waals surface area contributed by atoms with Crippen molar-refractivity contribution in [2.75, 3.05) is 12.3 Å². The molecule has 1 nitrogen and oxygen atoms in total. The van der Waals surface area contributed by atoms with Gasteiger partial charge in [-0.3, -0.25) is 0 Å². The minimum Gasteiger partial charge on any atom is -0.309 e. The molecule has 0 aliphatic rings. The summed E-state index contributed by atoms with van der Waals surface area (Å²) >= 11 is 2.14. The first kappa shape index (κ1) is 17.6. The molecule has 0 aromatic heterocycles. The van der Waals surface area contributed by atoms with Crippen molar-refractivity contribution in [1.82, 2.24) is 5.32 Å². The Morgan fingerprint density at radius 2 is 1.80 bits per heavy atom. The molecule has 0 aliphatic heterocycles. The Morgan fingerprint density at radius 3 is 2.35 bits per heavy atom. The minimum absolute atomic E-state index is 0.485. The minimum atomic E-state index is 0.485. The lowest BCUT2D eigenvalue weighted by molar-refractivity contribution is 0.504. The Balaban J connectivity index is 2.68. The number of rotatable bonds is 10. The molecule has 0 saturated carbocycles. The maximum Gasteiger partial charge on any atom is 0.0440 e. The van der Waals surface area contributed by atoms with Crippen molar-refractivity contribution in [3.05, 3.63) is 35.9 Å². The molecule has 0 bridgehead atoms. The summed E-state index contributed by atoms with van der Waals surface area (Å²) in [6.45, 7) is 10.3. The Morgan fingerprint density at radius 1 is 1.10 bits per heavy atom. The van der Waals surface area contributed by atoms with Crippen molar-refractivity contribution in [1.29, 1.82) is 0 Å². The number of hydrogen-bond donors (Lipinski definition) is 1. The zero-order valence-corrected chi connectivity index (χ0v) is 14.4. The standard InChI is InChI=1S/C18H31NS/c1-5-13-19-18(16-10-8-7-9-11-16)17(6-2)20-14-12-15(3)4/h7-11,15,17-19H,5-6,12-14H2,1-4H3. The van der Waals surface area contributed by atoms with Crippen LogP contribution in [0.4, 0.5) is 0 Å². The van der Waals surface area contributed by atoms with Crippen molar-refractivity contribution in [2.24, 2.45) is 5.92 Å². The van der Waals surface area contributed by atoms with Crippen LogP contribution in [0.2, 0.25) is 0 Å². The molecule has 114 valence electrons. The normalized spacial score (nSPS) is 14.4. The van der Waals surface area contributed by atoms with Gasteiger partial charge < -0.3 is 5.32 Å². The Bertz CT molecular complexity index is 337. The average molecular weight is 294 g/mol. The smallest absolute Gasteiger partial charge is 0.0440 e. The molecule has 2 atom stereocenters. The van der Waals surface area contributed by atoms with Crippen molar-refractivity contribution < 1.29 is 0 Å². The van der Waals surface area contributed by atoms with Gasteiger partial charge >= 0.3 is 0 Å². The summed E-state index contributed by atoms with van der Waals surface area (Å²) in [6, 6.07) is 11.4. The quantitative estimate of drug-likeness (QED) is 0.629. The first-order chi connectivity index (χ1) is 9.69. The molecule has 0 aliphatic carbocycles. The lowest BCUT2D eigenvalue weighted by atomic mass is 10.0. The third-order valence-electron chi connectivity index (χ3n) is 3.57. The molecule has 0 saturated heterocycles. The summed E-state index contributed by atoms with van der Waals surface area (Å²) in [4.78, 5) is 0. The third-order valence-corrected chi connectivity index (χ3v) is 5.08. The van der Waals surface area contributed by atoms with Gasteiger partial charge in [-0.1, -0.05) is 58.0 Å². The number of benzene rings is 1. The first-order valence-electron chi connectivity index (χ1n) is 8.08. The second-order valence-corrected chi connectivity index (χ2v) is 7.19. The average Bonchev–Trinajstić information content (AvgIpc) is 2.46. The number of nitrogens with one attached hydrogen (secondary N) is 1. The fourth-order valence-electron chi connectivity index (χ4n) is 2.33. The van der Waals surface area contributed by atoms with Gasteiger partial charge in [0.25, 0.3) is 0 Å². The molecule has 0 heterocycles. The summed E-state index contributed by atoms with van der Waals surface area (Å²) in [7, 11) is 0. The second-order valence-electron chi connectivity index (χ2n) is 5.84. The van der Waals surface area contributed by atoms with E-state index in [2.05, 4.69) is 75.1 Å². The van der Waals surface area contributed by atoms with Gasteiger partial charge in [0.05, 0.1) is 0 Å². The lowest BCUT2D eigenvalue weighted by Crippen LogP contribution is -2.30. The maximum absolute atomic E-state index is 3.75. The number of thioether (sulfide) groups is 1. The Hall–Kier alpha value is -0.470. The molecular weight excluding hydrogens is 262 g/mol. The van der Waals surface area contributed by atoms with Crippen LogP contribution in [0.25, 0.3) is 0 Å². The lowest BCUT2D eigenvalue weighted by Gasteiger charge is -2.28. The molecule has 0 fully saturated rings. The fourth-order valence-corrected chi connectivity index (χ4v) is 3.92. The molecule has 0 radical (unpaired) electrons. The zero-order chi connectivity index (χ0) is 14.8. The molecule has 0 amide bonds. The van der Waals surface area contributed by atoms with Crippen LogP contribution in [0, 0.1) is 5.92 Å². The summed E-state index contributed by atoms with van der Waals surface area (Å²) in [5, 5.41) is 4.42. The van der Waals surface area contributed by atoms with E-state index >= 15 is 0 Å². The van der Waals surface area contributed by atoms with E-state index in [0.717, 1.165) is 12.5 Å². The Labute approximate surface area is 129 Å². The highest BCUT2D eigenvalue weighted by Crippen LogP contribution is 2.30. The first-order valence-corrected chi connectivity index (χ1v) is 9.13. The predicted octanol–water partition coefficient (Wildman–Crippen LogP) is 5.29. The van der Waals surface area contributed by atoms with Crippen LogP contribution in [-0.4, -0.2) is 17.5 Å². The van der Waals surface area contributed by atoms with Gasteiger partial charge in [0.15, 0.2) is 0 Å². The highest BCUT2D eigenvalue weighted by atomic mass is 32.2. The monoisotopic (exact) mass is 293 g/mol. The van der Waals surface area contributed by atoms with E-state index in [1.54, 1.807) is 0 Å². The van der Waals surface area contributed by atoms with Crippen LogP contribution in [0.5, 0.6) is 0 Å². The van der Waals surface area contributed by atoms with Crippen molar-refractivity contribution in [3.63, 3.8) is 0 Å². The largest absolute Gasteiger partial charge is 0.309 e. The van der Waals surface area contributed by atoms with Crippen LogP contribution in [0.15, 0.2) is 30.3 Å². The summed E-state index contributed by atoms with van der Waals surface area (Å²) in [5.74, 6) is 2.08. The van der Waals surface area contributed by atoms with E-state index in [-0.39, 0.29) is 0 Å². The Kier molecular flexibility index (Phi) is 9.04. The van der Waals surface area contributed by atoms with Crippen molar-refractivity contribution >= 4 is 11.8 Å². The molecule has 2 unspecified atom stereocenters. The maximum atomic E-state index is 3.75. The predicted molar refractivity (Wildman–Crippen MR) is 93.5 cm³/mol. The van der Waals surface area contributed by atoms with Gasteiger partial charge in [-0.25, -0.2) is 0 Å². The van der Waals surface area contributed by atoms with Crippen LogP contribution in [0.3, 0.4) is 0 Å². The van der Waals surface area contributed by atoms with Gasteiger partial charge in [-0.15, -0.1) is 0 Å².